The van der Waals surface area contributed by atoms with Crippen LogP contribution >= 0.6 is 0 Å². The Labute approximate surface area is 130 Å². The molecular weight excluding hydrogens is 322 g/mol. The van der Waals surface area contributed by atoms with Crippen molar-refractivity contribution in [2.75, 3.05) is 0 Å². The van der Waals surface area contributed by atoms with E-state index in [9.17, 15) is 22.0 Å². The van der Waals surface area contributed by atoms with Crippen molar-refractivity contribution in [3.8, 4) is 5.75 Å². The lowest BCUT2D eigenvalue weighted by molar-refractivity contribution is -0.141. The molecule has 1 heterocycles. The highest BCUT2D eigenvalue weighted by Gasteiger charge is 2.53. The first-order valence-corrected chi connectivity index (χ1v) is 6.86. The average molecular weight is 338 g/mol. The van der Waals surface area contributed by atoms with Gasteiger partial charge in [-0.3, -0.25) is 0 Å². The van der Waals surface area contributed by atoms with Crippen molar-refractivity contribution in [3.63, 3.8) is 0 Å². The Morgan fingerprint density at radius 2 is 1.57 bits per heavy atom. The zero-order chi connectivity index (χ0) is 17.6. The number of ether oxygens (including phenoxy) is 1. The maximum atomic E-state index is 13.1. The highest BCUT2D eigenvalue weighted by atomic mass is 19.4. The van der Waals surface area contributed by atoms with Crippen molar-refractivity contribution in [1.82, 2.24) is 0 Å². The van der Waals surface area contributed by atoms with E-state index in [4.69, 9.17) is 9.31 Å². The third-order valence-corrected chi connectivity index (χ3v) is 4.07. The number of alkyl halides is 5. The SMILES string of the molecule is CC1(C)OB(c2cccc(C(F)(F)F)c2OC(F)F)OC1(C)C. The first kappa shape index (κ1) is 18.0. The van der Waals surface area contributed by atoms with Gasteiger partial charge in [-0.1, -0.05) is 12.1 Å². The van der Waals surface area contributed by atoms with Crippen LogP contribution in [0.3, 0.4) is 0 Å². The normalized spacial score (nSPS) is 20.2. The maximum absolute atomic E-state index is 13.1. The molecule has 0 radical (unpaired) electrons. The topological polar surface area (TPSA) is 27.7 Å². The van der Waals surface area contributed by atoms with Gasteiger partial charge in [-0.2, -0.15) is 22.0 Å². The molecule has 0 unspecified atom stereocenters. The molecule has 0 saturated carbocycles. The van der Waals surface area contributed by atoms with Crippen molar-refractivity contribution < 1.29 is 36.0 Å². The first-order valence-electron chi connectivity index (χ1n) is 6.86. The summed E-state index contributed by atoms with van der Waals surface area (Å²) in [4.78, 5) is 0. The van der Waals surface area contributed by atoms with Gasteiger partial charge in [-0.15, -0.1) is 0 Å². The van der Waals surface area contributed by atoms with Gasteiger partial charge < -0.3 is 14.0 Å². The summed E-state index contributed by atoms with van der Waals surface area (Å²) in [6.07, 6.45) is -4.84. The molecule has 9 heteroatoms. The summed E-state index contributed by atoms with van der Waals surface area (Å²) in [5.41, 5.74) is -3.18. The van der Waals surface area contributed by atoms with E-state index in [1.807, 2.05) is 0 Å². The zero-order valence-corrected chi connectivity index (χ0v) is 13.0. The Hall–Kier alpha value is -1.35. The summed E-state index contributed by atoms with van der Waals surface area (Å²) in [7, 11) is -1.24. The highest BCUT2D eigenvalue weighted by molar-refractivity contribution is 6.63. The quantitative estimate of drug-likeness (QED) is 0.623. The van der Waals surface area contributed by atoms with Gasteiger partial charge >= 0.3 is 19.9 Å². The van der Waals surface area contributed by atoms with Crippen LogP contribution in [0.1, 0.15) is 33.3 Å². The number of para-hydroxylation sites is 1. The van der Waals surface area contributed by atoms with Crippen molar-refractivity contribution >= 4 is 12.6 Å². The zero-order valence-electron chi connectivity index (χ0n) is 13.0. The smallest absolute Gasteiger partial charge is 0.435 e. The minimum Gasteiger partial charge on any atom is -0.435 e. The van der Waals surface area contributed by atoms with E-state index in [0.717, 1.165) is 6.07 Å². The fraction of sp³-hybridized carbons (Fsp3) is 0.571. The van der Waals surface area contributed by atoms with E-state index < -0.39 is 42.4 Å². The van der Waals surface area contributed by atoms with E-state index in [1.54, 1.807) is 27.7 Å². The Balaban J connectivity index is 2.51. The van der Waals surface area contributed by atoms with Crippen LogP contribution in [0, 0.1) is 0 Å². The van der Waals surface area contributed by atoms with Crippen LogP contribution in [0.15, 0.2) is 18.2 Å². The predicted octanol–water partition coefficient (Wildman–Crippen LogP) is 3.61. The van der Waals surface area contributed by atoms with E-state index in [0.29, 0.717) is 6.07 Å². The van der Waals surface area contributed by atoms with E-state index >= 15 is 0 Å². The van der Waals surface area contributed by atoms with Gasteiger partial charge in [0, 0.05) is 5.46 Å². The molecule has 0 aliphatic carbocycles. The highest BCUT2D eigenvalue weighted by Crippen LogP contribution is 2.40. The van der Waals surface area contributed by atoms with Gasteiger partial charge in [-0.25, -0.2) is 0 Å². The fourth-order valence-corrected chi connectivity index (χ4v) is 2.15. The summed E-state index contributed by atoms with van der Waals surface area (Å²) in [5.74, 6) is -0.978. The molecule has 23 heavy (non-hydrogen) atoms. The van der Waals surface area contributed by atoms with Crippen molar-refractivity contribution in [3.05, 3.63) is 23.8 Å². The minimum atomic E-state index is -4.84. The fourth-order valence-electron chi connectivity index (χ4n) is 2.15. The van der Waals surface area contributed by atoms with Crippen LogP contribution in [0.2, 0.25) is 0 Å². The molecule has 0 spiro atoms. The van der Waals surface area contributed by atoms with Gasteiger partial charge in [0.2, 0.25) is 0 Å². The molecule has 1 aliphatic rings. The Morgan fingerprint density at radius 3 is 2.00 bits per heavy atom. The van der Waals surface area contributed by atoms with Crippen LogP contribution in [-0.4, -0.2) is 24.9 Å². The molecule has 0 aromatic heterocycles. The molecule has 1 fully saturated rings. The number of benzene rings is 1. The van der Waals surface area contributed by atoms with Crippen LogP contribution < -0.4 is 10.2 Å². The third kappa shape index (κ3) is 3.45. The van der Waals surface area contributed by atoms with Gasteiger partial charge in [0.05, 0.1) is 16.8 Å². The third-order valence-electron chi connectivity index (χ3n) is 4.07. The van der Waals surface area contributed by atoms with Crippen molar-refractivity contribution in [2.24, 2.45) is 0 Å². The lowest BCUT2D eigenvalue weighted by atomic mass is 9.77. The summed E-state index contributed by atoms with van der Waals surface area (Å²) in [6, 6.07) is 2.99. The summed E-state index contributed by atoms with van der Waals surface area (Å²) >= 11 is 0. The van der Waals surface area contributed by atoms with E-state index in [1.165, 1.54) is 6.07 Å². The average Bonchev–Trinajstić information content (AvgIpc) is 2.56. The molecule has 0 bridgehead atoms. The lowest BCUT2D eigenvalue weighted by Gasteiger charge is -2.32. The maximum Gasteiger partial charge on any atom is 0.498 e. The molecule has 1 aromatic rings. The second-order valence-electron chi connectivity index (χ2n) is 6.19. The molecule has 2 rings (SSSR count). The largest absolute Gasteiger partial charge is 0.498 e. The monoisotopic (exact) mass is 338 g/mol. The van der Waals surface area contributed by atoms with Crippen LogP contribution in [0.25, 0.3) is 0 Å². The van der Waals surface area contributed by atoms with Crippen LogP contribution in [0.5, 0.6) is 5.75 Å². The molecule has 1 saturated heterocycles. The lowest BCUT2D eigenvalue weighted by Crippen LogP contribution is -2.41. The molecular formula is C14H16BF5O3. The Bertz CT molecular complexity index is 570. The van der Waals surface area contributed by atoms with Gasteiger partial charge in [0.25, 0.3) is 0 Å². The van der Waals surface area contributed by atoms with Crippen molar-refractivity contribution in [1.29, 1.82) is 0 Å². The molecule has 0 N–H and O–H groups in total. The van der Waals surface area contributed by atoms with Gasteiger partial charge in [0.1, 0.15) is 5.75 Å². The van der Waals surface area contributed by atoms with Gasteiger partial charge in [0.15, 0.2) is 0 Å². The molecule has 0 atom stereocenters. The number of hydrogen-bond acceptors (Lipinski definition) is 3. The predicted molar refractivity (Wildman–Crippen MR) is 73.8 cm³/mol. The first-order chi connectivity index (χ1) is 10.3. The Morgan fingerprint density at radius 1 is 1.04 bits per heavy atom. The standard InChI is InChI=1S/C14H16BF5O3/c1-12(2)13(3,4)23-15(22-12)9-7-5-6-8(14(18,19)20)10(9)21-11(16)17/h5-7,11H,1-4H3. The second kappa shape index (κ2) is 5.63. The number of hydrogen-bond donors (Lipinski definition) is 0. The van der Waals surface area contributed by atoms with Crippen molar-refractivity contribution in [2.45, 2.75) is 51.7 Å². The molecule has 128 valence electrons. The van der Waals surface area contributed by atoms with E-state index in [-0.39, 0.29) is 5.46 Å². The van der Waals surface area contributed by atoms with E-state index in [2.05, 4.69) is 4.74 Å². The summed E-state index contributed by atoms with van der Waals surface area (Å²) in [5, 5.41) is 0. The second-order valence-corrected chi connectivity index (χ2v) is 6.19. The summed E-state index contributed by atoms with van der Waals surface area (Å²) < 4.78 is 79.8. The number of rotatable bonds is 3. The van der Waals surface area contributed by atoms with Gasteiger partial charge in [-0.05, 0) is 33.8 Å². The molecule has 0 amide bonds. The molecule has 1 aromatic carbocycles. The summed E-state index contributed by atoms with van der Waals surface area (Å²) in [6.45, 7) is 3.41. The minimum absolute atomic E-state index is 0.223. The van der Waals surface area contributed by atoms with Crippen LogP contribution in [-0.2, 0) is 15.5 Å². The van der Waals surface area contributed by atoms with Crippen LogP contribution in [0.4, 0.5) is 22.0 Å². The molecule has 3 nitrogen and oxygen atoms in total. The number of halogens is 5. The Kier molecular flexibility index (Phi) is 4.40. The molecule has 1 aliphatic heterocycles.